The average Bonchev–Trinajstić information content (AvgIpc) is 2.69. The summed E-state index contributed by atoms with van der Waals surface area (Å²) in [5, 5.41) is 4.36. The maximum Gasteiger partial charge on any atom is 0.262 e. The molecule has 0 fully saturated rings. The van der Waals surface area contributed by atoms with E-state index in [1.807, 2.05) is 6.92 Å². The Morgan fingerprint density at radius 3 is 2.68 bits per heavy atom. The molecule has 0 spiro atoms. The number of fused-ring (bicyclic) bond motifs is 1. The summed E-state index contributed by atoms with van der Waals surface area (Å²) in [5.41, 5.74) is 2.64. The molecule has 0 saturated heterocycles. The van der Waals surface area contributed by atoms with E-state index in [9.17, 15) is 13.6 Å². The van der Waals surface area contributed by atoms with Crippen molar-refractivity contribution < 1.29 is 13.5 Å². The van der Waals surface area contributed by atoms with Gasteiger partial charge in [-0.15, -0.1) is 0 Å². The fourth-order valence-corrected chi connectivity index (χ4v) is 2.72. The first-order valence-corrected chi connectivity index (χ1v) is 8.92. The molecule has 0 aliphatic heterocycles. The molecule has 1 aromatic heterocycles. The Morgan fingerprint density at radius 1 is 1.18 bits per heavy atom. The molecule has 1 N–H and O–H groups in total. The summed E-state index contributed by atoms with van der Waals surface area (Å²) < 4.78 is 34.2. The Bertz CT molecular complexity index is 1030. The zero-order valence-electron chi connectivity index (χ0n) is 15.4. The molecular formula is C20H20F2N4O2. The highest BCUT2D eigenvalue weighted by Gasteiger charge is 2.11. The fourth-order valence-electron chi connectivity index (χ4n) is 2.72. The minimum absolute atomic E-state index is 0.188. The molecule has 3 aromatic rings. The number of anilines is 1. The Hall–Kier alpha value is -3.13. The van der Waals surface area contributed by atoms with Gasteiger partial charge >= 0.3 is 0 Å². The molecule has 8 heteroatoms. The zero-order chi connectivity index (χ0) is 19.9. The molecule has 0 aliphatic rings. The van der Waals surface area contributed by atoms with Gasteiger partial charge in [0.15, 0.2) is 0 Å². The average molecular weight is 386 g/mol. The Kier molecular flexibility index (Phi) is 6.44. The van der Waals surface area contributed by atoms with Crippen LogP contribution in [0, 0.1) is 11.6 Å². The van der Waals surface area contributed by atoms with Crippen LogP contribution in [0.1, 0.15) is 18.9 Å². The third-order valence-corrected chi connectivity index (χ3v) is 4.09. The number of ether oxygens (including phenoxy) is 1. The third-order valence-electron chi connectivity index (χ3n) is 4.09. The van der Waals surface area contributed by atoms with Crippen LogP contribution in [0.2, 0.25) is 0 Å². The highest BCUT2D eigenvalue weighted by atomic mass is 19.1. The molecule has 1 heterocycles. The second kappa shape index (κ2) is 9.18. The maximum atomic E-state index is 13.7. The van der Waals surface area contributed by atoms with Gasteiger partial charge in [0.1, 0.15) is 11.6 Å². The largest absolute Gasteiger partial charge is 0.382 e. The molecule has 3 rings (SSSR count). The van der Waals surface area contributed by atoms with Gasteiger partial charge in [-0.05, 0) is 37.6 Å². The van der Waals surface area contributed by atoms with Gasteiger partial charge in [-0.3, -0.25) is 9.36 Å². The summed E-state index contributed by atoms with van der Waals surface area (Å²) in [4.78, 5) is 17.2. The van der Waals surface area contributed by atoms with E-state index in [2.05, 4.69) is 15.5 Å². The van der Waals surface area contributed by atoms with Crippen LogP contribution in [0.25, 0.3) is 10.9 Å². The van der Waals surface area contributed by atoms with Gasteiger partial charge in [0.2, 0.25) is 5.95 Å². The van der Waals surface area contributed by atoms with Gasteiger partial charge in [-0.2, -0.15) is 5.10 Å². The molecule has 2 aromatic carbocycles. The first-order valence-electron chi connectivity index (χ1n) is 8.92. The van der Waals surface area contributed by atoms with E-state index in [0.717, 1.165) is 18.3 Å². The van der Waals surface area contributed by atoms with Crippen molar-refractivity contribution in [1.29, 1.82) is 0 Å². The second-order valence-corrected chi connectivity index (χ2v) is 5.97. The Morgan fingerprint density at radius 2 is 1.93 bits per heavy atom. The lowest BCUT2D eigenvalue weighted by atomic mass is 10.2. The van der Waals surface area contributed by atoms with Crippen molar-refractivity contribution in [2.45, 2.75) is 19.9 Å². The van der Waals surface area contributed by atoms with E-state index in [1.54, 1.807) is 24.3 Å². The number of para-hydroxylation sites is 1. The molecule has 6 nitrogen and oxygen atoms in total. The standard InChI is InChI=1S/C20H20F2N4O2/c1-2-28-12-6-11-26-19(27)14-7-3-4-10-18(14)24-20(26)25-23-13-15-16(21)8-5-9-17(15)22/h3-5,7-10,13H,2,6,11-12H2,1H3,(H,24,25)/b23-13-. The Balaban J connectivity index is 1.91. The summed E-state index contributed by atoms with van der Waals surface area (Å²) in [6.45, 7) is 3.35. The van der Waals surface area contributed by atoms with Gasteiger partial charge in [0.25, 0.3) is 5.56 Å². The lowest BCUT2D eigenvalue weighted by Gasteiger charge is -2.12. The first-order chi connectivity index (χ1) is 13.6. The molecule has 28 heavy (non-hydrogen) atoms. The van der Waals surface area contributed by atoms with Gasteiger partial charge in [-0.1, -0.05) is 18.2 Å². The quantitative estimate of drug-likeness (QED) is 0.365. The summed E-state index contributed by atoms with van der Waals surface area (Å²) in [5.74, 6) is -1.27. The van der Waals surface area contributed by atoms with Gasteiger partial charge in [0, 0.05) is 19.8 Å². The van der Waals surface area contributed by atoms with Crippen LogP contribution in [0.4, 0.5) is 14.7 Å². The van der Waals surface area contributed by atoms with Gasteiger partial charge in [0.05, 0.1) is 22.7 Å². The van der Waals surface area contributed by atoms with Gasteiger partial charge < -0.3 is 4.74 Å². The van der Waals surface area contributed by atoms with Crippen molar-refractivity contribution in [2.75, 3.05) is 18.6 Å². The number of halogens is 2. The number of nitrogens with zero attached hydrogens (tertiary/aromatic N) is 3. The van der Waals surface area contributed by atoms with E-state index >= 15 is 0 Å². The van der Waals surface area contributed by atoms with Crippen molar-refractivity contribution in [3.05, 3.63) is 70.0 Å². The van der Waals surface area contributed by atoms with E-state index in [-0.39, 0.29) is 17.1 Å². The summed E-state index contributed by atoms with van der Waals surface area (Å²) in [6.07, 6.45) is 1.63. The summed E-state index contributed by atoms with van der Waals surface area (Å²) in [7, 11) is 0. The number of hydrogen-bond acceptors (Lipinski definition) is 5. The van der Waals surface area contributed by atoms with Crippen molar-refractivity contribution in [3.63, 3.8) is 0 Å². The lowest BCUT2D eigenvalue weighted by molar-refractivity contribution is 0.141. The highest BCUT2D eigenvalue weighted by molar-refractivity contribution is 5.81. The van der Waals surface area contributed by atoms with Gasteiger partial charge in [-0.25, -0.2) is 19.2 Å². The van der Waals surface area contributed by atoms with E-state index in [0.29, 0.717) is 37.1 Å². The van der Waals surface area contributed by atoms with Crippen molar-refractivity contribution >= 4 is 23.1 Å². The van der Waals surface area contributed by atoms with Crippen molar-refractivity contribution in [2.24, 2.45) is 5.10 Å². The number of benzene rings is 2. The first kappa shape index (κ1) is 19.6. The molecule has 0 aliphatic carbocycles. The number of aromatic nitrogens is 2. The van der Waals surface area contributed by atoms with E-state index in [4.69, 9.17) is 4.74 Å². The van der Waals surface area contributed by atoms with Crippen LogP contribution in [-0.4, -0.2) is 29.0 Å². The van der Waals surface area contributed by atoms with Crippen LogP contribution in [0.5, 0.6) is 0 Å². The minimum Gasteiger partial charge on any atom is -0.382 e. The zero-order valence-corrected chi connectivity index (χ0v) is 15.4. The summed E-state index contributed by atoms with van der Waals surface area (Å²) in [6, 6.07) is 10.5. The molecule has 0 atom stereocenters. The second-order valence-electron chi connectivity index (χ2n) is 5.97. The molecule has 0 bridgehead atoms. The number of nitrogens with one attached hydrogen (secondary N) is 1. The highest BCUT2D eigenvalue weighted by Crippen LogP contribution is 2.13. The molecule has 0 amide bonds. The molecule has 146 valence electrons. The van der Waals surface area contributed by atoms with E-state index in [1.165, 1.54) is 10.6 Å². The van der Waals surface area contributed by atoms with Crippen LogP contribution in [-0.2, 0) is 11.3 Å². The topological polar surface area (TPSA) is 68.5 Å². The van der Waals surface area contributed by atoms with Crippen LogP contribution < -0.4 is 11.0 Å². The SMILES string of the molecule is CCOCCCn1c(N/N=C\c2c(F)cccc2F)nc2ccccc2c1=O. The molecular weight excluding hydrogens is 366 g/mol. The minimum atomic E-state index is -0.730. The number of hydrazone groups is 1. The monoisotopic (exact) mass is 386 g/mol. The third kappa shape index (κ3) is 4.40. The fraction of sp³-hybridized carbons (Fsp3) is 0.250. The lowest BCUT2D eigenvalue weighted by Crippen LogP contribution is -2.25. The van der Waals surface area contributed by atoms with E-state index < -0.39 is 11.6 Å². The molecule has 0 unspecified atom stereocenters. The van der Waals surface area contributed by atoms with Crippen molar-refractivity contribution in [3.8, 4) is 0 Å². The smallest absolute Gasteiger partial charge is 0.262 e. The molecule has 0 saturated carbocycles. The van der Waals surface area contributed by atoms with Crippen LogP contribution >= 0.6 is 0 Å². The van der Waals surface area contributed by atoms with Crippen molar-refractivity contribution in [1.82, 2.24) is 9.55 Å². The van der Waals surface area contributed by atoms with Crippen LogP contribution in [0.3, 0.4) is 0 Å². The number of hydrogen-bond donors (Lipinski definition) is 1. The molecule has 0 radical (unpaired) electrons. The predicted molar refractivity (Wildman–Crippen MR) is 105 cm³/mol. The Labute approximate surface area is 160 Å². The normalized spacial score (nSPS) is 11.4. The number of rotatable bonds is 8. The predicted octanol–water partition coefficient (Wildman–Crippen LogP) is 3.55. The maximum absolute atomic E-state index is 13.7. The van der Waals surface area contributed by atoms with Crippen LogP contribution in [0.15, 0.2) is 52.4 Å². The summed E-state index contributed by atoms with van der Waals surface area (Å²) >= 11 is 0.